The average molecular weight is 608 g/mol. The Morgan fingerprint density at radius 1 is 1.12 bits per heavy atom. The van der Waals surface area contributed by atoms with Crippen LogP contribution in [0.1, 0.15) is 37.8 Å². The molecule has 0 amide bonds. The molecule has 4 N–H and O–H groups in total. The summed E-state index contributed by atoms with van der Waals surface area (Å²) in [5, 5.41) is 7.36. The first-order valence-electron chi connectivity index (χ1n) is 15.1. The lowest BCUT2D eigenvalue weighted by Gasteiger charge is -2.34. The van der Waals surface area contributed by atoms with Crippen molar-refractivity contribution in [2.75, 3.05) is 55.8 Å². The molecule has 4 fully saturated rings. The van der Waals surface area contributed by atoms with Gasteiger partial charge in [0.1, 0.15) is 29.6 Å². The average Bonchev–Trinajstić information content (AvgIpc) is 3.73. The van der Waals surface area contributed by atoms with Crippen LogP contribution < -0.4 is 26.0 Å². The molecule has 7 heterocycles. The van der Waals surface area contributed by atoms with Crippen LogP contribution in [0.2, 0.25) is 0 Å². The van der Waals surface area contributed by atoms with Crippen molar-refractivity contribution in [3.63, 3.8) is 0 Å². The Morgan fingerprint density at radius 2 is 1.93 bits per heavy atom. The van der Waals surface area contributed by atoms with Crippen molar-refractivity contribution in [2.45, 2.75) is 62.8 Å². The maximum atomic E-state index is 14.7. The summed E-state index contributed by atoms with van der Waals surface area (Å²) in [5.74, 6) is 0.379. The van der Waals surface area contributed by atoms with Crippen LogP contribution in [0, 0.1) is 12.7 Å². The number of halogens is 2. The number of alkyl halides is 1. The molecule has 0 radical (unpaired) electrons. The van der Waals surface area contributed by atoms with Crippen LogP contribution in [-0.4, -0.2) is 88.5 Å². The molecule has 4 atom stereocenters. The van der Waals surface area contributed by atoms with Crippen molar-refractivity contribution in [3.8, 4) is 17.1 Å². The van der Waals surface area contributed by atoms with Crippen LogP contribution in [0.4, 0.5) is 25.4 Å². The molecule has 10 nitrogen and oxygen atoms in total. The van der Waals surface area contributed by atoms with Gasteiger partial charge < -0.3 is 26.0 Å². The smallest absolute Gasteiger partial charge is 0.319 e. The molecule has 43 heavy (non-hydrogen) atoms. The molecule has 0 aliphatic carbocycles. The normalized spacial score (nSPS) is 27.0. The molecule has 2 unspecified atom stereocenters. The van der Waals surface area contributed by atoms with E-state index in [2.05, 4.69) is 25.4 Å². The second kappa shape index (κ2) is 10.1. The highest BCUT2D eigenvalue weighted by Crippen LogP contribution is 2.44. The fraction of sp³-hybridized carbons (Fsp3) is 0.533. The molecular weight excluding hydrogens is 572 g/mol. The van der Waals surface area contributed by atoms with E-state index in [1.54, 1.807) is 6.07 Å². The van der Waals surface area contributed by atoms with Gasteiger partial charge in [-0.25, -0.2) is 18.7 Å². The zero-order valence-corrected chi connectivity index (χ0v) is 25.1. The van der Waals surface area contributed by atoms with Crippen molar-refractivity contribution >= 4 is 49.2 Å². The Balaban J connectivity index is 1.29. The highest BCUT2D eigenvalue weighted by molar-refractivity contribution is 7.22. The Kier molecular flexibility index (Phi) is 6.35. The fourth-order valence-electron chi connectivity index (χ4n) is 7.89. The topological polar surface area (TPSA) is 117 Å². The second-order valence-electron chi connectivity index (χ2n) is 12.5. The number of aromatic nitrogens is 4. The van der Waals surface area contributed by atoms with E-state index in [0.29, 0.717) is 58.0 Å². The number of hydrogen-bond acceptors (Lipinski definition) is 11. The first-order valence-corrected chi connectivity index (χ1v) is 15.9. The lowest BCUT2D eigenvalue weighted by atomic mass is 9.95. The summed E-state index contributed by atoms with van der Waals surface area (Å²) >= 11 is 1.13. The molecule has 3 aromatic heterocycles. The van der Waals surface area contributed by atoms with Gasteiger partial charge in [-0.2, -0.15) is 9.97 Å². The number of nitrogens with zero attached hydrogens (tertiary/aromatic N) is 6. The second-order valence-corrected chi connectivity index (χ2v) is 13.5. The number of anilines is 3. The Morgan fingerprint density at radius 3 is 2.72 bits per heavy atom. The zero-order chi connectivity index (χ0) is 29.5. The summed E-state index contributed by atoms with van der Waals surface area (Å²) in [7, 11) is 1.84. The van der Waals surface area contributed by atoms with Gasteiger partial charge in [-0.3, -0.25) is 4.90 Å². The highest BCUT2D eigenvalue weighted by Gasteiger charge is 2.49. The van der Waals surface area contributed by atoms with E-state index in [0.717, 1.165) is 85.0 Å². The maximum Gasteiger partial charge on any atom is 0.319 e. The van der Waals surface area contributed by atoms with Gasteiger partial charge >= 0.3 is 6.01 Å². The Bertz CT molecular complexity index is 1740. The summed E-state index contributed by atoms with van der Waals surface area (Å²) in [5.41, 5.74) is 10.5. The van der Waals surface area contributed by atoms with Crippen molar-refractivity contribution < 1.29 is 13.5 Å². The van der Waals surface area contributed by atoms with Gasteiger partial charge in [-0.1, -0.05) is 11.3 Å². The van der Waals surface area contributed by atoms with E-state index >= 15 is 0 Å². The number of ether oxygens (including phenoxy) is 1. The summed E-state index contributed by atoms with van der Waals surface area (Å²) in [6, 6.07) is 4.22. The van der Waals surface area contributed by atoms with E-state index in [9.17, 15) is 8.78 Å². The predicted octanol–water partition coefficient (Wildman–Crippen LogP) is 4.27. The Hall–Kier alpha value is -3.42. The Labute approximate surface area is 252 Å². The van der Waals surface area contributed by atoms with Crippen molar-refractivity contribution in [3.05, 3.63) is 23.6 Å². The number of rotatable bonds is 6. The standard InChI is InChI=1S/C30H35F2N9OS/c1-15-21(19-6-7-20(32)26-22(19)37-28(33)43-26)23(34-2)24-25(35-15)27(40-12-17-4-5-18(13-40)36-17)39-29(38-24)42-14-30-8-3-9-41(30)11-16(31)10-30/h6-7,16-18,36H,3-5,8-14H2,1-2H3,(H2,33,37)(H,34,35)/t16-,17?,18?,30+/m1/s1. The molecule has 2 bridgehead atoms. The summed E-state index contributed by atoms with van der Waals surface area (Å²) in [6.07, 6.45) is 3.83. The van der Waals surface area contributed by atoms with Crippen molar-refractivity contribution in [1.29, 1.82) is 0 Å². The third-order valence-electron chi connectivity index (χ3n) is 9.75. The van der Waals surface area contributed by atoms with Crippen LogP contribution in [0.15, 0.2) is 12.1 Å². The number of benzene rings is 1. The third-order valence-corrected chi connectivity index (χ3v) is 10.6. The molecular formula is C30H35F2N9OS. The van der Waals surface area contributed by atoms with E-state index in [-0.39, 0.29) is 17.4 Å². The van der Waals surface area contributed by atoms with Gasteiger partial charge in [0, 0.05) is 62.0 Å². The lowest BCUT2D eigenvalue weighted by molar-refractivity contribution is 0.107. The monoisotopic (exact) mass is 607 g/mol. The van der Waals surface area contributed by atoms with Crippen LogP contribution in [0.3, 0.4) is 0 Å². The maximum absolute atomic E-state index is 14.7. The quantitative estimate of drug-likeness (QED) is 0.293. The van der Waals surface area contributed by atoms with E-state index in [1.165, 1.54) is 6.07 Å². The molecule has 4 aliphatic rings. The number of pyridine rings is 1. The highest BCUT2D eigenvalue weighted by atomic mass is 32.1. The molecule has 13 heteroatoms. The number of nitrogens with one attached hydrogen (secondary N) is 2. The van der Waals surface area contributed by atoms with Crippen LogP contribution in [0.25, 0.3) is 32.4 Å². The minimum Gasteiger partial charge on any atom is -0.461 e. The largest absolute Gasteiger partial charge is 0.461 e. The van der Waals surface area contributed by atoms with Gasteiger partial charge in [0.05, 0.1) is 21.4 Å². The lowest BCUT2D eigenvalue weighted by Crippen LogP contribution is -2.51. The van der Waals surface area contributed by atoms with Crippen molar-refractivity contribution in [2.24, 2.45) is 0 Å². The number of fused-ring (bicyclic) bond motifs is 5. The van der Waals surface area contributed by atoms with Gasteiger partial charge in [0.25, 0.3) is 0 Å². The van der Waals surface area contributed by atoms with Crippen LogP contribution >= 0.6 is 11.3 Å². The molecule has 4 aromatic rings. The summed E-state index contributed by atoms with van der Waals surface area (Å²) in [6.45, 7) is 5.26. The van der Waals surface area contributed by atoms with Crippen molar-refractivity contribution in [1.82, 2.24) is 30.2 Å². The summed E-state index contributed by atoms with van der Waals surface area (Å²) in [4.78, 5) is 24.0. The van der Waals surface area contributed by atoms with E-state index < -0.39 is 6.17 Å². The number of hydrogen-bond donors (Lipinski definition) is 3. The van der Waals surface area contributed by atoms with Gasteiger partial charge in [-0.05, 0) is 51.3 Å². The summed E-state index contributed by atoms with van der Waals surface area (Å²) < 4.78 is 36.1. The van der Waals surface area contributed by atoms with Gasteiger partial charge in [-0.15, -0.1) is 0 Å². The molecule has 8 rings (SSSR count). The minimum absolute atomic E-state index is 0.257. The first-order chi connectivity index (χ1) is 20.8. The fourth-order valence-corrected chi connectivity index (χ4v) is 8.66. The molecule has 0 saturated carbocycles. The number of aryl methyl sites for hydroxylation is 1. The number of nitrogens with two attached hydrogens (primary N) is 1. The minimum atomic E-state index is -0.841. The molecule has 226 valence electrons. The number of piperazine rings is 1. The number of thiazole rings is 1. The SMILES string of the molecule is CNc1c(-c2ccc(F)c3sc(N)nc23)c(C)nc2c(N3CC4CCC(C3)N4)nc(OC[C@@]34CCCN3C[C@H](F)C4)nc12. The molecule has 4 aliphatic heterocycles. The molecule has 0 spiro atoms. The molecule has 1 aromatic carbocycles. The van der Waals surface area contributed by atoms with Crippen LogP contribution in [-0.2, 0) is 0 Å². The third kappa shape index (κ3) is 4.38. The van der Waals surface area contributed by atoms with E-state index in [1.807, 2.05) is 14.0 Å². The number of nitrogen functional groups attached to an aromatic ring is 1. The zero-order valence-electron chi connectivity index (χ0n) is 24.3. The first kappa shape index (κ1) is 27.2. The van der Waals surface area contributed by atoms with Gasteiger partial charge in [0.2, 0.25) is 0 Å². The predicted molar refractivity (Wildman–Crippen MR) is 165 cm³/mol. The van der Waals surface area contributed by atoms with E-state index in [4.69, 9.17) is 25.4 Å². The van der Waals surface area contributed by atoms with Crippen LogP contribution in [0.5, 0.6) is 6.01 Å². The van der Waals surface area contributed by atoms with Gasteiger partial charge in [0.15, 0.2) is 10.9 Å². The molecule has 4 saturated heterocycles.